The predicted molar refractivity (Wildman–Crippen MR) is 205 cm³/mol. The monoisotopic (exact) mass is 615 g/mol. The number of aryl methyl sites for hydroxylation is 1. The molecule has 9 rings (SSSR count). The van der Waals surface area contributed by atoms with Crippen LogP contribution in [0.15, 0.2) is 140 Å². The fourth-order valence-electron chi connectivity index (χ4n) is 8.71. The first-order valence-corrected chi connectivity index (χ1v) is 17.1. The first-order chi connectivity index (χ1) is 23.5. The lowest BCUT2D eigenvalue weighted by molar-refractivity contribution is 0.660. The second-order valence-electron chi connectivity index (χ2n) is 13.8. The van der Waals surface area contributed by atoms with Crippen molar-refractivity contribution in [1.29, 1.82) is 0 Å². The molecule has 0 N–H and O–H groups in total. The highest BCUT2D eigenvalue weighted by Gasteiger charge is 2.39. The molecule has 0 radical (unpaired) electrons. The maximum absolute atomic E-state index is 5.16. The van der Waals surface area contributed by atoms with E-state index in [2.05, 4.69) is 167 Å². The van der Waals surface area contributed by atoms with Gasteiger partial charge in [-0.25, -0.2) is 0 Å². The molecule has 48 heavy (non-hydrogen) atoms. The predicted octanol–water partition coefficient (Wildman–Crippen LogP) is 12.7. The standard InChI is InChI=1S/C47H37N/c1-5-6-7-11-20-35-31-19-12-13-21-33(31)41(30-17-9-8-10-18-30)44-37-24-16-23-34-32(26-27-38(42(34)37)43(35)44)39-28-29(2)48-46-36-22-14-15-25-40(36)47(3,4)45(39)46/h5-19,21-28H,20H2,1-4H3/b6-5-,11-7-. The van der Waals surface area contributed by atoms with Gasteiger partial charge in [-0.2, -0.15) is 0 Å². The normalized spacial score (nSPS) is 13.9. The van der Waals surface area contributed by atoms with Crippen molar-refractivity contribution < 1.29 is 0 Å². The molecule has 1 aromatic heterocycles. The van der Waals surface area contributed by atoms with Crippen molar-refractivity contribution >= 4 is 21.5 Å². The van der Waals surface area contributed by atoms with E-state index in [1.807, 2.05) is 0 Å². The number of rotatable bonds is 5. The number of aromatic nitrogens is 1. The lowest BCUT2D eigenvalue weighted by atomic mass is 9.78. The molecule has 2 aliphatic rings. The van der Waals surface area contributed by atoms with Crippen LogP contribution >= 0.6 is 0 Å². The van der Waals surface area contributed by atoms with Crippen LogP contribution in [0.3, 0.4) is 0 Å². The first kappa shape index (κ1) is 28.7. The Balaban J connectivity index is 1.38. The molecule has 7 aromatic rings. The van der Waals surface area contributed by atoms with Crippen LogP contribution in [0.5, 0.6) is 0 Å². The summed E-state index contributed by atoms with van der Waals surface area (Å²) in [6, 6.07) is 42.9. The van der Waals surface area contributed by atoms with Crippen LogP contribution in [0.25, 0.3) is 77.3 Å². The van der Waals surface area contributed by atoms with Crippen molar-refractivity contribution in [3.8, 4) is 55.8 Å². The van der Waals surface area contributed by atoms with Crippen LogP contribution in [0.4, 0.5) is 0 Å². The van der Waals surface area contributed by atoms with Crippen LogP contribution in [-0.4, -0.2) is 4.98 Å². The summed E-state index contributed by atoms with van der Waals surface area (Å²) >= 11 is 0. The number of hydrogen-bond donors (Lipinski definition) is 0. The van der Waals surface area contributed by atoms with Gasteiger partial charge < -0.3 is 0 Å². The zero-order valence-corrected chi connectivity index (χ0v) is 27.9. The summed E-state index contributed by atoms with van der Waals surface area (Å²) in [5, 5.41) is 5.29. The Bertz CT molecular complexity index is 2510. The fourth-order valence-corrected chi connectivity index (χ4v) is 8.71. The molecule has 0 aliphatic heterocycles. The molecule has 0 amide bonds. The van der Waals surface area contributed by atoms with Gasteiger partial charge in [-0.3, -0.25) is 4.98 Å². The molecule has 1 heteroatoms. The van der Waals surface area contributed by atoms with Crippen molar-refractivity contribution in [3.05, 3.63) is 162 Å². The molecule has 0 fully saturated rings. The van der Waals surface area contributed by atoms with Crippen LogP contribution in [0, 0.1) is 6.92 Å². The van der Waals surface area contributed by atoms with Gasteiger partial charge in [0.2, 0.25) is 0 Å². The third-order valence-corrected chi connectivity index (χ3v) is 10.6. The fraction of sp³-hybridized carbons (Fsp3) is 0.128. The number of fused-ring (bicyclic) bond motifs is 7. The Morgan fingerprint density at radius 1 is 0.604 bits per heavy atom. The first-order valence-electron chi connectivity index (χ1n) is 17.1. The van der Waals surface area contributed by atoms with E-state index in [9.17, 15) is 0 Å². The van der Waals surface area contributed by atoms with E-state index < -0.39 is 0 Å². The average Bonchev–Trinajstić information content (AvgIpc) is 3.56. The Labute approximate surface area is 283 Å². The van der Waals surface area contributed by atoms with Gasteiger partial charge in [0.25, 0.3) is 0 Å². The summed E-state index contributed by atoms with van der Waals surface area (Å²) in [7, 11) is 0. The van der Waals surface area contributed by atoms with Crippen LogP contribution in [0.1, 0.15) is 43.2 Å². The highest BCUT2D eigenvalue weighted by molar-refractivity contribution is 6.25. The van der Waals surface area contributed by atoms with E-state index in [0.717, 1.165) is 17.8 Å². The summed E-state index contributed by atoms with van der Waals surface area (Å²) in [5.41, 5.74) is 17.9. The van der Waals surface area contributed by atoms with Gasteiger partial charge in [0.15, 0.2) is 0 Å². The second-order valence-corrected chi connectivity index (χ2v) is 13.8. The Hall–Kier alpha value is -5.53. The SMILES string of the molecule is C/C=C\C=C/Cc1c2c(c(-c3ccccc3)c3ccccc13)-c1cccc3c(-c4cc(C)nc5c4C(C)(C)c4ccccc4-5)ccc-2c13. The molecule has 230 valence electrons. The van der Waals surface area contributed by atoms with Crippen molar-refractivity contribution in [2.75, 3.05) is 0 Å². The molecular formula is C47H37N. The summed E-state index contributed by atoms with van der Waals surface area (Å²) in [4.78, 5) is 5.16. The van der Waals surface area contributed by atoms with Crippen molar-refractivity contribution in [3.63, 3.8) is 0 Å². The molecule has 6 aromatic carbocycles. The Morgan fingerprint density at radius 3 is 2.12 bits per heavy atom. The average molecular weight is 616 g/mol. The van der Waals surface area contributed by atoms with Crippen molar-refractivity contribution in [2.24, 2.45) is 0 Å². The highest BCUT2D eigenvalue weighted by Crippen LogP contribution is 2.58. The third kappa shape index (κ3) is 4.00. The van der Waals surface area contributed by atoms with E-state index in [1.165, 1.54) is 88.3 Å². The molecule has 1 nitrogen and oxygen atoms in total. The zero-order valence-electron chi connectivity index (χ0n) is 27.9. The van der Waals surface area contributed by atoms with E-state index in [-0.39, 0.29) is 5.41 Å². The molecular weight excluding hydrogens is 579 g/mol. The van der Waals surface area contributed by atoms with Crippen LogP contribution in [-0.2, 0) is 11.8 Å². The Morgan fingerprint density at radius 2 is 1.29 bits per heavy atom. The van der Waals surface area contributed by atoms with Gasteiger partial charge in [0.05, 0.1) is 5.69 Å². The number of allylic oxidation sites excluding steroid dienone is 4. The minimum atomic E-state index is -0.154. The smallest absolute Gasteiger partial charge is 0.0755 e. The number of nitrogens with zero attached hydrogens (tertiary/aromatic N) is 1. The van der Waals surface area contributed by atoms with Gasteiger partial charge in [-0.05, 0) is 109 Å². The molecule has 0 saturated carbocycles. The van der Waals surface area contributed by atoms with E-state index >= 15 is 0 Å². The van der Waals surface area contributed by atoms with Crippen LogP contribution in [0.2, 0.25) is 0 Å². The second kappa shape index (κ2) is 10.8. The summed E-state index contributed by atoms with van der Waals surface area (Å²) < 4.78 is 0. The summed E-state index contributed by atoms with van der Waals surface area (Å²) in [6.07, 6.45) is 9.56. The van der Waals surface area contributed by atoms with Gasteiger partial charge in [0.1, 0.15) is 0 Å². The topological polar surface area (TPSA) is 12.9 Å². The third-order valence-electron chi connectivity index (χ3n) is 10.6. The van der Waals surface area contributed by atoms with Crippen molar-refractivity contribution in [1.82, 2.24) is 4.98 Å². The largest absolute Gasteiger partial charge is 0.253 e. The van der Waals surface area contributed by atoms with E-state index in [1.54, 1.807) is 0 Å². The zero-order chi connectivity index (χ0) is 32.6. The molecule has 0 atom stereocenters. The maximum Gasteiger partial charge on any atom is 0.0755 e. The number of pyridine rings is 1. The summed E-state index contributed by atoms with van der Waals surface area (Å²) in [5.74, 6) is 0. The Kier molecular flexibility index (Phi) is 6.42. The number of hydrogen-bond acceptors (Lipinski definition) is 1. The molecule has 1 heterocycles. The van der Waals surface area contributed by atoms with Gasteiger partial charge in [-0.1, -0.05) is 147 Å². The molecule has 0 saturated heterocycles. The van der Waals surface area contributed by atoms with Gasteiger partial charge >= 0.3 is 0 Å². The van der Waals surface area contributed by atoms with Crippen LogP contribution < -0.4 is 0 Å². The van der Waals surface area contributed by atoms with Crippen molar-refractivity contribution in [2.45, 2.75) is 39.5 Å². The van der Waals surface area contributed by atoms with Gasteiger partial charge in [0, 0.05) is 16.7 Å². The van der Waals surface area contributed by atoms with E-state index in [0.29, 0.717) is 0 Å². The van der Waals surface area contributed by atoms with Gasteiger partial charge in [-0.15, -0.1) is 0 Å². The number of benzene rings is 6. The highest BCUT2D eigenvalue weighted by atomic mass is 14.7. The molecule has 0 unspecified atom stereocenters. The maximum atomic E-state index is 5.16. The summed E-state index contributed by atoms with van der Waals surface area (Å²) in [6.45, 7) is 8.93. The van der Waals surface area contributed by atoms with E-state index in [4.69, 9.17) is 4.98 Å². The molecule has 0 spiro atoms. The molecule has 2 aliphatic carbocycles. The minimum absolute atomic E-state index is 0.154. The quantitative estimate of drug-likeness (QED) is 0.176. The molecule has 0 bridgehead atoms. The minimum Gasteiger partial charge on any atom is -0.253 e. The lowest BCUT2D eigenvalue weighted by Crippen LogP contribution is -2.16. The lowest BCUT2D eigenvalue weighted by Gasteiger charge is -2.25.